The van der Waals surface area contributed by atoms with Gasteiger partial charge in [-0.05, 0) is 84.2 Å². The van der Waals surface area contributed by atoms with Gasteiger partial charge in [0.25, 0.3) is 0 Å². The van der Waals surface area contributed by atoms with Gasteiger partial charge in [0.2, 0.25) is 0 Å². The molecule has 7 heteroatoms. The summed E-state index contributed by atoms with van der Waals surface area (Å²) < 4.78 is 96.1. The Balaban J connectivity index is 0.00000172. The van der Waals surface area contributed by atoms with Crippen molar-refractivity contribution in [3.63, 3.8) is 0 Å². The summed E-state index contributed by atoms with van der Waals surface area (Å²) in [7, 11) is 0. The molecule has 1 aliphatic rings. The maximum atomic E-state index is 15.6. The van der Waals surface area contributed by atoms with Crippen LogP contribution in [0.15, 0.2) is 54.6 Å². The lowest BCUT2D eigenvalue weighted by atomic mass is 9.69. The molecule has 2 aromatic rings. The zero-order chi connectivity index (χ0) is 29.6. The van der Waals surface area contributed by atoms with E-state index in [4.69, 9.17) is 0 Å². The Morgan fingerprint density at radius 3 is 1.79 bits per heavy atom. The molecule has 1 atom stereocenters. The third kappa shape index (κ3) is 6.97. The fourth-order valence-corrected chi connectivity index (χ4v) is 4.53. The molecule has 0 amide bonds. The van der Waals surface area contributed by atoms with Crippen molar-refractivity contribution >= 4 is 5.57 Å². The maximum absolute atomic E-state index is 15.6. The van der Waals surface area contributed by atoms with Crippen LogP contribution in [0.4, 0.5) is 30.7 Å². The van der Waals surface area contributed by atoms with E-state index in [1.54, 1.807) is 6.08 Å². The molecule has 0 aliphatic heterocycles. The first-order valence-corrected chi connectivity index (χ1v) is 12.8. The van der Waals surface area contributed by atoms with Gasteiger partial charge in [0, 0.05) is 5.56 Å². The Morgan fingerprint density at radius 1 is 0.868 bits per heavy atom. The average molecular weight is 543 g/mol. The lowest BCUT2D eigenvalue weighted by Crippen LogP contribution is -2.25. The molecule has 0 N–H and O–H groups in total. The van der Waals surface area contributed by atoms with Gasteiger partial charge in [-0.3, -0.25) is 0 Å². The van der Waals surface area contributed by atoms with E-state index in [2.05, 4.69) is 6.58 Å². The molecule has 0 saturated carbocycles. The van der Waals surface area contributed by atoms with E-state index in [-0.39, 0.29) is 17.2 Å². The summed E-state index contributed by atoms with van der Waals surface area (Å²) in [5, 5.41) is 0. The Labute approximate surface area is 222 Å². The minimum Gasteiger partial charge on any atom is -0.206 e. The monoisotopic (exact) mass is 542 g/mol. The molecule has 0 saturated heterocycles. The highest BCUT2D eigenvalue weighted by molar-refractivity contribution is 5.84. The topological polar surface area (TPSA) is 0 Å². The average Bonchev–Trinajstić information content (AvgIpc) is 2.86. The van der Waals surface area contributed by atoms with Crippen molar-refractivity contribution in [2.24, 2.45) is 0 Å². The summed E-state index contributed by atoms with van der Waals surface area (Å²) in [4.78, 5) is 0. The van der Waals surface area contributed by atoms with E-state index in [0.29, 0.717) is 41.7 Å². The van der Waals surface area contributed by atoms with E-state index < -0.39 is 40.3 Å². The van der Waals surface area contributed by atoms with Crippen molar-refractivity contribution < 1.29 is 30.7 Å². The second-order valence-corrected chi connectivity index (χ2v) is 8.89. The van der Waals surface area contributed by atoms with Crippen molar-refractivity contribution in [2.45, 2.75) is 86.0 Å². The molecule has 0 heterocycles. The Bertz CT molecular complexity index is 1160. The van der Waals surface area contributed by atoms with Gasteiger partial charge in [0.05, 0.1) is 11.1 Å². The Hall–Kier alpha value is -2.83. The predicted molar refractivity (Wildman–Crippen MR) is 143 cm³/mol. The van der Waals surface area contributed by atoms with Crippen LogP contribution < -0.4 is 0 Å². The number of halogens is 7. The molecule has 0 spiro atoms. The van der Waals surface area contributed by atoms with Gasteiger partial charge in [-0.1, -0.05) is 71.9 Å². The van der Waals surface area contributed by atoms with Gasteiger partial charge in [-0.2, -0.15) is 26.3 Å². The van der Waals surface area contributed by atoms with Crippen molar-refractivity contribution in [2.75, 3.05) is 0 Å². The molecule has 2 aromatic carbocycles. The summed E-state index contributed by atoms with van der Waals surface area (Å²) in [6.07, 6.45) is -3.25. The smallest absolute Gasteiger partial charge is 0.206 e. The first kappa shape index (κ1) is 33.2. The van der Waals surface area contributed by atoms with Gasteiger partial charge in [0.1, 0.15) is 5.82 Å². The first-order chi connectivity index (χ1) is 17.6. The molecule has 3 rings (SSSR count). The van der Waals surface area contributed by atoms with Crippen LogP contribution in [-0.4, -0.2) is 0 Å². The van der Waals surface area contributed by atoms with Crippen LogP contribution in [0.2, 0.25) is 0 Å². The molecule has 210 valence electrons. The Morgan fingerprint density at radius 2 is 1.37 bits per heavy atom. The van der Waals surface area contributed by atoms with E-state index >= 15 is 4.39 Å². The van der Waals surface area contributed by atoms with Crippen molar-refractivity contribution in [3.8, 4) is 11.1 Å². The summed E-state index contributed by atoms with van der Waals surface area (Å²) in [6, 6.07) is 2.40. The number of benzene rings is 2. The predicted octanol–water partition coefficient (Wildman–Crippen LogP) is 11.5. The molecule has 0 bridgehead atoms. The van der Waals surface area contributed by atoms with Crippen molar-refractivity contribution in [1.82, 2.24) is 0 Å². The molecule has 1 unspecified atom stereocenters. The fraction of sp³-hybridized carbons (Fsp3) is 0.419. The largest absolute Gasteiger partial charge is 0.416 e. The third-order valence-corrected chi connectivity index (χ3v) is 6.62. The summed E-state index contributed by atoms with van der Waals surface area (Å²) in [5.74, 6) is -0.872. The summed E-state index contributed by atoms with van der Waals surface area (Å²) >= 11 is 0. The molecule has 0 aromatic heterocycles. The van der Waals surface area contributed by atoms with E-state index in [9.17, 15) is 26.3 Å². The molecule has 0 radical (unpaired) electrons. The SMILES string of the molecule is C=C1/C=C\C(=C/C)CC(C)(CC)c2cc(F)c(-c3cc(C(F)(F)F)cc(C(F)(F)F)c3)c(C)c21.CC.CC. The fourth-order valence-electron chi connectivity index (χ4n) is 4.53. The van der Waals surface area contributed by atoms with E-state index in [1.165, 1.54) is 13.0 Å². The highest BCUT2D eigenvalue weighted by atomic mass is 19.4. The molecular weight excluding hydrogens is 505 g/mol. The molecule has 38 heavy (non-hydrogen) atoms. The normalized spacial score (nSPS) is 19.3. The minimum absolute atomic E-state index is 0.0405. The maximum Gasteiger partial charge on any atom is 0.416 e. The highest BCUT2D eigenvalue weighted by Gasteiger charge is 2.38. The highest BCUT2D eigenvalue weighted by Crippen LogP contribution is 2.46. The minimum atomic E-state index is -5.03. The van der Waals surface area contributed by atoms with Crippen LogP contribution in [0, 0.1) is 12.7 Å². The number of rotatable bonds is 2. The molecule has 0 nitrogen and oxygen atoms in total. The second-order valence-electron chi connectivity index (χ2n) is 8.89. The number of hydrogen-bond acceptors (Lipinski definition) is 0. The lowest BCUT2D eigenvalue weighted by molar-refractivity contribution is -0.143. The van der Waals surface area contributed by atoms with Crippen molar-refractivity contribution in [3.05, 3.63) is 88.3 Å². The van der Waals surface area contributed by atoms with Gasteiger partial charge in [0.15, 0.2) is 0 Å². The van der Waals surface area contributed by atoms with E-state index in [1.807, 2.05) is 60.6 Å². The number of allylic oxidation sites excluding steroid dienone is 5. The number of fused-ring (bicyclic) bond motifs is 1. The second kappa shape index (κ2) is 12.8. The van der Waals surface area contributed by atoms with Gasteiger partial charge in [-0.25, -0.2) is 4.39 Å². The Kier molecular flexibility index (Phi) is 11.2. The van der Waals surface area contributed by atoms with Gasteiger partial charge < -0.3 is 0 Å². The molecule has 0 fully saturated rings. The molecule has 1 aliphatic carbocycles. The standard InChI is InChI=1S/C27H25F7.2C2H6/c1-6-17-9-8-15(3)23-16(4)24(22(28)13-21(23)25(5,7-2)14-17)18-10-19(26(29,30)31)12-20(11-18)27(32,33)34;2*1-2/h6,8-13H,3,7,14H2,1-2,4-5H3;2*1-2H3/b9-8-,17-6+;;. The van der Waals surface area contributed by atoms with E-state index in [0.717, 1.165) is 5.57 Å². The van der Waals surface area contributed by atoms with Crippen LogP contribution in [0.3, 0.4) is 0 Å². The lowest BCUT2D eigenvalue weighted by Gasteiger charge is -2.35. The van der Waals surface area contributed by atoms with Crippen molar-refractivity contribution in [1.29, 1.82) is 0 Å². The molecular formula is C31H37F7. The quantitative estimate of drug-likeness (QED) is 0.331. The van der Waals surface area contributed by atoms with Gasteiger partial charge >= 0.3 is 12.4 Å². The first-order valence-electron chi connectivity index (χ1n) is 12.8. The van der Waals surface area contributed by atoms with Crippen LogP contribution in [0.1, 0.15) is 89.1 Å². The summed E-state index contributed by atoms with van der Waals surface area (Å²) in [6.45, 7) is 19.4. The zero-order valence-electron chi connectivity index (χ0n) is 23.3. The summed E-state index contributed by atoms with van der Waals surface area (Å²) in [5.41, 5.74) is -1.32. The number of alkyl halides is 6. The van der Waals surface area contributed by atoms with Crippen LogP contribution >= 0.6 is 0 Å². The van der Waals surface area contributed by atoms with Gasteiger partial charge in [-0.15, -0.1) is 0 Å². The van der Waals surface area contributed by atoms with Crippen LogP contribution in [0.5, 0.6) is 0 Å². The zero-order valence-corrected chi connectivity index (χ0v) is 23.3. The van der Waals surface area contributed by atoms with Crippen LogP contribution in [0.25, 0.3) is 16.7 Å². The third-order valence-electron chi connectivity index (χ3n) is 6.62. The number of hydrogen-bond donors (Lipinski definition) is 0. The van der Waals surface area contributed by atoms with Crippen LogP contribution in [-0.2, 0) is 17.8 Å².